The molecule has 1 radical (unpaired) electrons. The van der Waals surface area contributed by atoms with Crippen molar-refractivity contribution in [3.8, 4) is 0 Å². The second-order valence-electron chi connectivity index (χ2n) is 13.0. The third-order valence-corrected chi connectivity index (χ3v) is 10.7. The molecule has 51 heavy (non-hydrogen) atoms. The molecule has 2 amide bonds. The fraction of sp³-hybridized carbons (Fsp3) is 0.472. The summed E-state index contributed by atoms with van der Waals surface area (Å²) in [5, 5.41) is 40.8. The number of aliphatic hydroxyl groups excluding tert-OH is 3. The normalized spacial score (nSPS) is 19.3. The minimum atomic E-state index is -1.38. The van der Waals surface area contributed by atoms with Crippen LogP contribution in [0.2, 0.25) is 5.21 Å². The zero-order valence-electron chi connectivity index (χ0n) is 29.4. The Kier molecular flexibility index (Phi) is 13.5. The van der Waals surface area contributed by atoms with Crippen molar-refractivity contribution >= 4 is 43.3 Å². The van der Waals surface area contributed by atoms with E-state index in [9.17, 15) is 24.9 Å². The maximum atomic E-state index is 13.5. The van der Waals surface area contributed by atoms with E-state index in [1.54, 1.807) is 0 Å². The maximum absolute atomic E-state index is 13.5. The summed E-state index contributed by atoms with van der Waals surface area (Å²) in [6.07, 6.45) is -3.44. The van der Waals surface area contributed by atoms with E-state index in [0.29, 0.717) is 30.0 Å². The molecule has 1 saturated heterocycles. The first-order valence-electron chi connectivity index (χ1n) is 17.3. The Morgan fingerprint density at radius 2 is 1.55 bits per heavy atom. The summed E-state index contributed by atoms with van der Waals surface area (Å²) in [4.78, 5) is 41.9. The average molecular weight is 764 g/mol. The molecule has 273 valence electrons. The molecule has 0 aliphatic carbocycles. The molecule has 0 spiro atoms. The second-order valence-corrected chi connectivity index (χ2v) is 15.5. The van der Waals surface area contributed by atoms with E-state index in [4.69, 9.17) is 4.74 Å². The molecule has 0 unspecified atom stereocenters. The molecular weight excluding hydrogens is 715 g/mol. The van der Waals surface area contributed by atoms with Gasteiger partial charge in [-0.2, -0.15) is 0 Å². The van der Waals surface area contributed by atoms with Crippen molar-refractivity contribution in [3.63, 3.8) is 0 Å². The van der Waals surface area contributed by atoms with Crippen LogP contribution in [0, 0.1) is 0 Å². The van der Waals surface area contributed by atoms with Crippen LogP contribution in [0.4, 0.5) is 10.6 Å². The number of carbonyl (C=O) groups is 2. The predicted molar refractivity (Wildman–Crippen MR) is 195 cm³/mol. The average Bonchev–Trinajstić information content (AvgIpc) is 3.68. The summed E-state index contributed by atoms with van der Waals surface area (Å²) >= 11 is -0.538. The van der Waals surface area contributed by atoms with E-state index < -0.39 is 52.8 Å². The van der Waals surface area contributed by atoms with Gasteiger partial charge in [-0.25, -0.2) is 0 Å². The standard InChI is InChI=1S/C36H48AsN8O6/c1-22(2)44(23(3)4)18-15-37-36(50)39-17-16-38-34(49)32-42-31(40-19-26(24-11-7-5-8-12-24)25-13-9-6-10-14-25)28-33(43-32)45(21-41-28)35-30(48)29(47)27(20-46)51-35/h5-14,21-23,26-27,29-30,35,46-48H,15-20H2,1-4H3,(H,38,49)(H,39,50)(H,40,42,43)/t27-,29-,30-,35-/m1/s1. The molecule has 0 saturated carbocycles. The van der Waals surface area contributed by atoms with Gasteiger partial charge in [0.15, 0.2) is 0 Å². The SMILES string of the molecule is CC(C)N(CC[As]C(=O)NCCNC(=O)c1nc(NCC(c2ccccc2)c2ccccc2)c2ncn([C@@H]3O[C@H](CO)[C@@H](O)[C@H]3O)c2n1)C(C)C. The van der Waals surface area contributed by atoms with Gasteiger partial charge in [0.05, 0.1) is 6.61 Å². The van der Waals surface area contributed by atoms with Crippen LogP contribution >= 0.6 is 0 Å². The number of hydrogen-bond acceptors (Lipinski definition) is 11. The van der Waals surface area contributed by atoms with Crippen LogP contribution in [-0.2, 0) is 4.74 Å². The van der Waals surface area contributed by atoms with Gasteiger partial charge in [0, 0.05) is 0 Å². The first-order valence-corrected chi connectivity index (χ1v) is 19.6. The summed E-state index contributed by atoms with van der Waals surface area (Å²) < 4.78 is 7.19. The molecule has 5 rings (SSSR count). The Balaban J connectivity index is 1.33. The zero-order chi connectivity index (χ0) is 36.5. The molecule has 1 aliphatic rings. The van der Waals surface area contributed by atoms with Crippen LogP contribution in [0.15, 0.2) is 67.0 Å². The van der Waals surface area contributed by atoms with Crippen molar-refractivity contribution in [2.24, 2.45) is 0 Å². The molecular formula is C36H48AsN8O6. The van der Waals surface area contributed by atoms with Gasteiger partial charge in [-0.15, -0.1) is 0 Å². The van der Waals surface area contributed by atoms with Gasteiger partial charge < -0.3 is 15.3 Å². The molecule has 15 heteroatoms. The third kappa shape index (κ3) is 9.50. The molecule has 4 atom stereocenters. The Bertz CT molecular complexity index is 1680. The summed E-state index contributed by atoms with van der Waals surface area (Å²) in [6, 6.07) is 20.9. The number of nitrogens with zero attached hydrogens (tertiary/aromatic N) is 5. The van der Waals surface area contributed by atoms with E-state index >= 15 is 0 Å². The summed E-state index contributed by atoms with van der Waals surface area (Å²) in [7, 11) is 0. The number of aliphatic hydroxyl groups is 3. The molecule has 4 aromatic rings. The van der Waals surface area contributed by atoms with Crippen molar-refractivity contribution in [1.82, 2.24) is 35.1 Å². The molecule has 14 nitrogen and oxygen atoms in total. The van der Waals surface area contributed by atoms with Crippen LogP contribution in [0.1, 0.15) is 61.6 Å². The molecule has 2 aromatic carbocycles. The van der Waals surface area contributed by atoms with Crippen LogP contribution < -0.4 is 16.0 Å². The summed E-state index contributed by atoms with van der Waals surface area (Å²) in [5.41, 5.74) is 2.68. The number of aromatic nitrogens is 4. The van der Waals surface area contributed by atoms with Gasteiger partial charge in [-0.3, -0.25) is 0 Å². The van der Waals surface area contributed by atoms with Crippen molar-refractivity contribution in [3.05, 3.63) is 83.9 Å². The Labute approximate surface area is 304 Å². The van der Waals surface area contributed by atoms with Crippen molar-refractivity contribution in [2.45, 2.75) is 75.4 Å². The molecule has 0 bridgehead atoms. The number of fused-ring (bicyclic) bond motifs is 1. The fourth-order valence-corrected chi connectivity index (χ4v) is 7.88. The van der Waals surface area contributed by atoms with E-state index in [1.165, 1.54) is 10.9 Å². The third-order valence-electron chi connectivity index (χ3n) is 8.92. The van der Waals surface area contributed by atoms with Crippen molar-refractivity contribution < 1.29 is 29.6 Å². The first kappa shape index (κ1) is 38.3. The Morgan fingerprint density at radius 1 is 0.922 bits per heavy atom. The number of anilines is 1. The molecule has 3 heterocycles. The molecule has 6 N–H and O–H groups in total. The Hall–Kier alpha value is -3.91. The van der Waals surface area contributed by atoms with Gasteiger partial charge >= 0.3 is 200 Å². The molecule has 2 aromatic heterocycles. The van der Waals surface area contributed by atoms with Crippen LogP contribution in [0.5, 0.6) is 0 Å². The zero-order valence-corrected chi connectivity index (χ0v) is 31.3. The first-order chi connectivity index (χ1) is 24.6. The molecule has 1 aliphatic heterocycles. The molecule has 1 fully saturated rings. The summed E-state index contributed by atoms with van der Waals surface area (Å²) in [5.74, 6) is -0.498. The fourth-order valence-electron chi connectivity index (χ4n) is 6.30. The van der Waals surface area contributed by atoms with Crippen molar-refractivity contribution in [1.29, 1.82) is 0 Å². The number of benzene rings is 2. The van der Waals surface area contributed by atoms with E-state index in [2.05, 4.69) is 87.8 Å². The number of carbonyl (C=O) groups excluding carboxylic acids is 2. The van der Waals surface area contributed by atoms with Crippen LogP contribution in [-0.4, -0.2) is 129 Å². The van der Waals surface area contributed by atoms with Gasteiger partial charge in [-0.1, -0.05) is 60.7 Å². The quantitative estimate of drug-likeness (QED) is 0.0685. The number of imidazole rings is 1. The van der Waals surface area contributed by atoms with E-state index in [1.807, 2.05) is 36.4 Å². The number of hydrogen-bond donors (Lipinski definition) is 6. The number of rotatable bonds is 17. The number of nitrogens with one attached hydrogen (secondary N) is 3. The topological polar surface area (TPSA) is 187 Å². The van der Waals surface area contributed by atoms with Crippen molar-refractivity contribution in [2.75, 3.05) is 38.1 Å². The van der Waals surface area contributed by atoms with Crippen LogP contribution in [0.3, 0.4) is 0 Å². The van der Waals surface area contributed by atoms with Gasteiger partial charge in [0.2, 0.25) is 0 Å². The van der Waals surface area contributed by atoms with Gasteiger partial charge in [0.1, 0.15) is 12.2 Å². The van der Waals surface area contributed by atoms with E-state index in [0.717, 1.165) is 22.9 Å². The van der Waals surface area contributed by atoms with Gasteiger partial charge in [-0.05, 0) is 11.1 Å². The predicted octanol–water partition coefficient (Wildman–Crippen LogP) is 2.36. The number of ether oxygens (including phenoxy) is 1. The minimum absolute atomic E-state index is 0.00546. The summed E-state index contributed by atoms with van der Waals surface area (Å²) in [6.45, 7) is 9.81. The number of amides is 2. The monoisotopic (exact) mass is 763 g/mol. The van der Waals surface area contributed by atoms with Crippen LogP contribution in [0.25, 0.3) is 11.2 Å². The second kappa shape index (κ2) is 18.0. The van der Waals surface area contributed by atoms with E-state index in [-0.39, 0.29) is 35.2 Å². The Morgan fingerprint density at radius 3 is 2.14 bits per heavy atom. The van der Waals surface area contributed by atoms with Gasteiger partial charge in [0.25, 0.3) is 0 Å².